The van der Waals surface area contributed by atoms with Gasteiger partial charge in [-0.3, -0.25) is 9.36 Å². The Balaban J connectivity index is 2.40. The van der Waals surface area contributed by atoms with E-state index < -0.39 is 0 Å². The molecule has 0 saturated carbocycles. The lowest BCUT2D eigenvalue weighted by molar-refractivity contribution is 0.767. The second-order valence-corrected chi connectivity index (χ2v) is 3.96. The summed E-state index contributed by atoms with van der Waals surface area (Å²) in [5.41, 5.74) is 6.10. The van der Waals surface area contributed by atoms with E-state index in [9.17, 15) is 4.79 Å². The number of hydrogen-bond acceptors (Lipinski definition) is 4. The number of allylic oxidation sites excluding steroid dienone is 1. The van der Waals surface area contributed by atoms with Gasteiger partial charge in [0.2, 0.25) is 0 Å². The van der Waals surface area contributed by atoms with Gasteiger partial charge in [-0.05, 0) is 11.4 Å². The molecule has 2 aromatic rings. The van der Waals surface area contributed by atoms with Crippen LogP contribution in [0.3, 0.4) is 0 Å². The van der Waals surface area contributed by atoms with Crippen LogP contribution in [0.1, 0.15) is 0 Å². The molecule has 2 heterocycles. The number of fused-ring (bicyclic) bond motifs is 1. The van der Waals surface area contributed by atoms with Gasteiger partial charge >= 0.3 is 0 Å². The molecule has 2 N–H and O–H groups in total. The summed E-state index contributed by atoms with van der Waals surface area (Å²) >= 11 is 1.42. The minimum atomic E-state index is 0.0108. The van der Waals surface area contributed by atoms with Crippen molar-refractivity contribution in [2.45, 2.75) is 6.54 Å². The predicted octanol–water partition coefficient (Wildman–Crippen LogP) is 0.973. The Labute approximate surface area is 90.7 Å². The largest absolute Gasteiger partial charge is 0.327 e. The molecule has 0 unspecified atom stereocenters. The third kappa shape index (κ3) is 1.98. The summed E-state index contributed by atoms with van der Waals surface area (Å²) in [6.45, 7) is 1.01. The fraction of sp³-hybridized carbons (Fsp3) is 0.200. The summed E-state index contributed by atoms with van der Waals surface area (Å²) < 4.78 is 2.28. The SMILES string of the molecule is NCC=CCn1cnc2ccsc2c1=O. The molecular weight excluding hydrogens is 210 g/mol. The summed E-state index contributed by atoms with van der Waals surface area (Å²) in [6.07, 6.45) is 5.26. The lowest BCUT2D eigenvalue weighted by Crippen LogP contribution is -2.18. The average molecular weight is 221 g/mol. The van der Waals surface area contributed by atoms with Crippen molar-refractivity contribution < 1.29 is 0 Å². The number of rotatable bonds is 3. The Hall–Kier alpha value is -1.46. The third-order valence-electron chi connectivity index (χ3n) is 2.04. The predicted molar refractivity (Wildman–Crippen MR) is 62.1 cm³/mol. The number of nitrogens with two attached hydrogens (primary N) is 1. The molecule has 78 valence electrons. The first-order chi connectivity index (χ1) is 7.33. The van der Waals surface area contributed by atoms with Crippen molar-refractivity contribution in [3.63, 3.8) is 0 Å². The Bertz CT molecular complexity index is 541. The molecule has 0 aliphatic rings. The molecule has 0 aromatic carbocycles. The Morgan fingerprint density at radius 1 is 1.53 bits per heavy atom. The molecule has 0 radical (unpaired) electrons. The van der Waals surface area contributed by atoms with Gasteiger partial charge in [0, 0.05) is 13.1 Å². The number of nitrogens with zero attached hydrogens (tertiary/aromatic N) is 2. The standard InChI is InChI=1S/C10H11N3OS/c11-4-1-2-5-13-7-12-8-3-6-15-9(8)10(13)14/h1-3,6-7H,4-5,11H2. The van der Waals surface area contributed by atoms with Crippen LogP contribution in [0.4, 0.5) is 0 Å². The highest BCUT2D eigenvalue weighted by molar-refractivity contribution is 7.17. The van der Waals surface area contributed by atoms with Gasteiger partial charge in [0.1, 0.15) is 4.70 Å². The molecule has 15 heavy (non-hydrogen) atoms. The van der Waals surface area contributed by atoms with E-state index in [0.717, 1.165) is 5.52 Å². The molecule has 0 bridgehead atoms. The van der Waals surface area contributed by atoms with Gasteiger partial charge < -0.3 is 5.73 Å². The van der Waals surface area contributed by atoms with Crippen LogP contribution in [0.5, 0.6) is 0 Å². The fourth-order valence-electron chi connectivity index (χ4n) is 1.29. The molecule has 2 aromatic heterocycles. The van der Waals surface area contributed by atoms with Crippen LogP contribution < -0.4 is 11.3 Å². The van der Waals surface area contributed by atoms with E-state index in [1.54, 1.807) is 10.9 Å². The van der Waals surface area contributed by atoms with Crippen molar-refractivity contribution >= 4 is 21.6 Å². The lowest BCUT2D eigenvalue weighted by atomic mass is 10.4. The molecule has 0 aliphatic carbocycles. The fourth-order valence-corrected chi connectivity index (χ4v) is 2.09. The maximum Gasteiger partial charge on any atom is 0.271 e. The minimum Gasteiger partial charge on any atom is -0.327 e. The molecule has 5 heteroatoms. The van der Waals surface area contributed by atoms with E-state index >= 15 is 0 Å². The van der Waals surface area contributed by atoms with Gasteiger partial charge in [0.25, 0.3) is 5.56 Å². The van der Waals surface area contributed by atoms with Crippen molar-refractivity contribution in [2.24, 2.45) is 5.73 Å². The summed E-state index contributed by atoms with van der Waals surface area (Å²) in [7, 11) is 0. The molecular formula is C10H11N3OS. The summed E-state index contributed by atoms with van der Waals surface area (Å²) in [5, 5.41) is 1.87. The molecule has 0 amide bonds. The van der Waals surface area contributed by atoms with Crippen molar-refractivity contribution in [1.82, 2.24) is 9.55 Å². The van der Waals surface area contributed by atoms with E-state index in [1.165, 1.54) is 11.3 Å². The average Bonchev–Trinajstić information content (AvgIpc) is 2.70. The van der Waals surface area contributed by atoms with Crippen LogP contribution in [-0.2, 0) is 6.54 Å². The smallest absolute Gasteiger partial charge is 0.271 e. The topological polar surface area (TPSA) is 60.9 Å². The van der Waals surface area contributed by atoms with E-state index in [1.807, 2.05) is 23.6 Å². The van der Waals surface area contributed by atoms with Crippen molar-refractivity contribution in [1.29, 1.82) is 0 Å². The number of thiophene rings is 1. The number of aromatic nitrogens is 2. The molecule has 0 saturated heterocycles. The van der Waals surface area contributed by atoms with Crippen molar-refractivity contribution in [3.8, 4) is 0 Å². The van der Waals surface area contributed by atoms with Gasteiger partial charge in [-0.25, -0.2) is 4.98 Å². The highest BCUT2D eigenvalue weighted by Crippen LogP contribution is 2.12. The second kappa shape index (κ2) is 4.37. The quantitative estimate of drug-likeness (QED) is 0.786. The van der Waals surface area contributed by atoms with E-state index in [4.69, 9.17) is 5.73 Å². The Kier molecular flexibility index (Phi) is 2.94. The van der Waals surface area contributed by atoms with Crippen LogP contribution in [0.25, 0.3) is 10.2 Å². The lowest BCUT2D eigenvalue weighted by Gasteiger charge is -1.99. The molecule has 0 fully saturated rings. The van der Waals surface area contributed by atoms with Gasteiger partial charge in [0.05, 0.1) is 11.8 Å². The summed E-state index contributed by atoms with van der Waals surface area (Å²) in [6, 6.07) is 1.85. The Morgan fingerprint density at radius 3 is 3.20 bits per heavy atom. The molecule has 0 aliphatic heterocycles. The van der Waals surface area contributed by atoms with E-state index in [0.29, 0.717) is 17.8 Å². The van der Waals surface area contributed by atoms with Crippen LogP contribution in [0.15, 0.2) is 34.7 Å². The second-order valence-electron chi connectivity index (χ2n) is 3.04. The van der Waals surface area contributed by atoms with Crippen molar-refractivity contribution in [2.75, 3.05) is 6.54 Å². The zero-order valence-electron chi connectivity index (χ0n) is 8.09. The summed E-state index contributed by atoms with van der Waals surface area (Å²) in [5.74, 6) is 0. The summed E-state index contributed by atoms with van der Waals surface area (Å²) in [4.78, 5) is 16.0. The number of hydrogen-bond donors (Lipinski definition) is 1. The van der Waals surface area contributed by atoms with Crippen LogP contribution in [0, 0.1) is 0 Å². The first kappa shape index (κ1) is 10.1. The Morgan fingerprint density at radius 2 is 2.40 bits per heavy atom. The van der Waals surface area contributed by atoms with E-state index in [-0.39, 0.29) is 5.56 Å². The molecule has 0 atom stereocenters. The van der Waals surface area contributed by atoms with Gasteiger partial charge in [-0.1, -0.05) is 12.2 Å². The molecule has 2 rings (SSSR count). The molecule has 0 spiro atoms. The van der Waals surface area contributed by atoms with Gasteiger partial charge in [-0.2, -0.15) is 0 Å². The zero-order valence-corrected chi connectivity index (χ0v) is 8.91. The molecule has 4 nitrogen and oxygen atoms in total. The highest BCUT2D eigenvalue weighted by Gasteiger charge is 2.03. The zero-order chi connectivity index (χ0) is 10.7. The van der Waals surface area contributed by atoms with Crippen LogP contribution in [-0.4, -0.2) is 16.1 Å². The van der Waals surface area contributed by atoms with Gasteiger partial charge in [0.15, 0.2) is 0 Å². The normalized spacial score (nSPS) is 11.5. The van der Waals surface area contributed by atoms with Crippen molar-refractivity contribution in [3.05, 3.63) is 40.3 Å². The van der Waals surface area contributed by atoms with E-state index in [2.05, 4.69) is 4.98 Å². The first-order valence-electron chi connectivity index (χ1n) is 4.60. The van der Waals surface area contributed by atoms with Gasteiger partial charge in [-0.15, -0.1) is 11.3 Å². The minimum absolute atomic E-state index is 0.0108. The maximum atomic E-state index is 11.9. The van der Waals surface area contributed by atoms with Crippen LogP contribution >= 0.6 is 11.3 Å². The monoisotopic (exact) mass is 221 g/mol. The van der Waals surface area contributed by atoms with Crippen LogP contribution in [0.2, 0.25) is 0 Å². The maximum absolute atomic E-state index is 11.9. The highest BCUT2D eigenvalue weighted by atomic mass is 32.1. The first-order valence-corrected chi connectivity index (χ1v) is 5.48. The third-order valence-corrected chi connectivity index (χ3v) is 2.93.